The van der Waals surface area contributed by atoms with Crippen LogP contribution in [0.3, 0.4) is 0 Å². The van der Waals surface area contributed by atoms with Crippen molar-refractivity contribution in [2.45, 2.75) is 26.4 Å². The van der Waals surface area contributed by atoms with E-state index in [1.807, 2.05) is 0 Å². The molecule has 0 aliphatic heterocycles. The standard InChI is InChI=1S/C12H15F3N2O3.CH4S/c1-4-6-7(10(18)16-3)8(12(13,14)15)9(17-6)11(19)20-5-2;1-2/h17H,4-5H2,1-3H3,(H,16,18);2H,1H3. The highest BCUT2D eigenvalue weighted by atomic mass is 32.1. The van der Waals surface area contributed by atoms with Crippen molar-refractivity contribution in [3.05, 3.63) is 22.5 Å². The number of rotatable bonds is 4. The summed E-state index contributed by atoms with van der Waals surface area (Å²) in [4.78, 5) is 25.6. The molecule has 1 aromatic heterocycles. The Kier molecular flexibility index (Phi) is 8.07. The van der Waals surface area contributed by atoms with Crippen molar-refractivity contribution in [3.8, 4) is 0 Å². The van der Waals surface area contributed by atoms with Gasteiger partial charge in [-0.15, -0.1) is 0 Å². The molecular formula is C13H19F3N2O3S. The molecule has 0 radical (unpaired) electrons. The Morgan fingerprint density at radius 1 is 1.27 bits per heavy atom. The normalized spacial score (nSPS) is 10.5. The van der Waals surface area contributed by atoms with Gasteiger partial charge in [0.2, 0.25) is 0 Å². The molecule has 1 amide bonds. The molecule has 9 heteroatoms. The van der Waals surface area contributed by atoms with Crippen LogP contribution in [0.1, 0.15) is 46.0 Å². The van der Waals surface area contributed by atoms with Crippen molar-refractivity contribution in [2.75, 3.05) is 19.9 Å². The summed E-state index contributed by atoms with van der Waals surface area (Å²) in [5.74, 6) is -2.04. The molecule has 1 rings (SSSR count). The van der Waals surface area contributed by atoms with Gasteiger partial charge in [0.05, 0.1) is 12.2 Å². The van der Waals surface area contributed by atoms with E-state index in [0.29, 0.717) is 0 Å². The molecule has 0 spiro atoms. The van der Waals surface area contributed by atoms with Crippen LogP contribution in [0.15, 0.2) is 0 Å². The fourth-order valence-electron chi connectivity index (χ4n) is 1.83. The van der Waals surface area contributed by atoms with E-state index in [9.17, 15) is 22.8 Å². The molecule has 0 aliphatic rings. The van der Waals surface area contributed by atoms with Gasteiger partial charge in [-0.25, -0.2) is 4.79 Å². The molecule has 0 saturated carbocycles. The molecule has 0 unspecified atom stereocenters. The third-order valence-corrected chi connectivity index (χ3v) is 2.65. The van der Waals surface area contributed by atoms with E-state index >= 15 is 0 Å². The minimum absolute atomic E-state index is 0.0414. The number of carbonyl (C=O) groups excluding carboxylic acids is 2. The van der Waals surface area contributed by atoms with Crippen molar-refractivity contribution < 1.29 is 27.5 Å². The van der Waals surface area contributed by atoms with Crippen LogP contribution < -0.4 is 5.32 Å². The number of aromatic amines is 1. The molecule has 0 bridgehead atoms. The highest BCUT2D eigenvalue weighted by Crippen LogP contribution is 2.37. The second-order valence-electron chi connectivity index (χ2n) is 3.88. The van der Waals surface area contributed by atoms with Crippen molar-refractivity contribution >= 4 is 24.5 Å². The van der Waals surface area contributed by atoms with Crippen LogP contribution in [-0.2, 0) is 17.3 Å². The van der Waals surface area contributed by atoms with Crippen LogP contribution in [0.5, 0.6) is 0 Å². The van der Waals surface area contributed by atoms with Gasteiger partial charge >= 0.3 is 12.1 Å². The highest BCUT2D eigenvalue weighted by Gasteiger charge is 2.43. The van der Waals surface area contributed by atoms with Crippen LogP contribution in [0.2, 0.25) is 0 Å². The number of esters is 1. The van der Waals surface area contributed by atoms with Crippen molar-refractivity contribution in [3.63, 3.8) is 0 Å². The smallest absolute Gasteiger partial charge is 0.419 e. The number of aromatic nitrogens is 1. The summed E-state index contributed by atoms with van der Waals surface area (Å²) in [6.07, 6.45) is -3.00. The quantitative estimate of drug-likeness (QED) is 0.583. The van der Waals surface area contributed by atoms with Crippen LogP contribution in [-0.4, -0.2) is 36.8 Å². The van der Waals surface area contributed by atoms with Crippen LogP contribution >= 0.6 is 12.6 Å². The maximum Gasteiger partial charge on any atom is 0.419 e. The fourth-order valence-corrected chi connectivity index (χ4v) is 1.83. The monoisotopic (exact) mass is 340 g/mol. The Bertz CT molecular complexity index is 527. The minimum Gasteiger partial charge on any atom is -0.461 e. The summed E-state index contributed by atoms with van der Waals surface area (Å²) in [6.45, 7) is 2.99. The molecule has 5 nitrogen and oxygen atoms in total. The number of aryl methyl sites for hydroxylation is 1. The summed E-state index contributed by atoms with van der Waals surface area (Å²) in [6, 6.07) is 0. The van der Waals surface area contributed by atoms with E-state index in [-0.39, 0.29) is 18.7 Å². The number of amides is 1. The van der Waals surface area contributed by atoms with Crippen molar-refractivity contribution in [1.82, 2.24) is 10.3 Å². The molecule has 1 heterocycles. The number of ether oxygens (including phenoxy) is 1. The summed E-state index contributed by atoms with van der Waals surface area (Å²) in [7, 11) is 1.22. The Hall–Kier alpha value is -1.64. The van der Waals surface area contributed by atoms with E-state index in [1.165, 1.54) is 14.0 Å². The Balaban J connectivity index is 0.00000211. The van der Waals surface area contributed by atoms with Gasteiger partial charge < -0.3 is 15.0 Å². The minimum atomic E-state index is -4.84. The Labute approximate surface area is 132 Å². The molecule has 2 N–H and O–H groups in total. The van der Waals surface area contributed by atoms with Gasteiger partial charge in [0, 0.05) is 12.7 Å². The zero-order valence-corrected chi connectivity index (χ0v) is 13.6. The van der Waals surface area contributed by atoms with E-state index in [4.69, 9.17) is 0 Å². The number of carbonyl (C=O) groups is 2. The second-order valence-corrected chi connectivity index (χ2v) is 3.88. The number of alkyl halides is 3. The number of nitrogens with one attached hydrogen (secondary N) is 2. The summed E-state index contributed by atoms with van der Waals surface area (Å²) in [5.41, 5.74) is -2.55. The lowest BCUT2D eigenvalue weighted by atomic mass is 10.1. The summed E-state index contributed by atoms with van der Waals surface area (Å²) in [5, 5.41) is 2.14. The van der Waals surface area contributed by atoms with Gasteiger partial charge in [0.1, 0.15) is 11.3 Å². The van der Waals surface area contributed by atoms with E-state index in [2.05, 4.69) is 27.7 Å². The van der Waals surface area contributed by atoms with Crippen molar-refractivity contribution in [2.24, 2.45) is 0 Å². The van der Waals surface area contributed by atoms with Gasteiger partial charge in [-0.1, -0.05) is 6.92 Å². The summed E-state index contributed by atoms with van der Waals surface area (Å²) >= 11 is 3.53. The van der Waals surface area contributed by atoms with Crippen molar-refractivity contribution in [1.29, 1.82) is 0 Å². The third kappa shape index (κ3) is 4.43. The molecule has 1 aromatic rings. The number of hydrogen-bond acceptors (Lipinski definition) is 4. The lowest BCUT2D eigenvalue weighted by molar-refractivity contribution is -0.138. The molecular weight excluding hydrogens is 321 g/mol. The zero-order valence-electron chi connectivity index (χ0n) is 12.7. The zero-order chi connectivity index (χ0) is 17.5. The topological polar surface area (TPSA) is 71.2 Å². The maximum atomic E-state index is 13.1. The van der Waals surface area contributed by atoms with Gasteiger partial charge in [0.25, 0.3) is 5.91 Å². The lowest BCUT2D eigenvalue weighted by Crippen LogP contribution is -2.24. The lowest BCUT2D eigenvalue weighted by Gasteiger charge is -2.10. The molecule has 22 heavy (non-hydrogen) atoms. The number of H-pyrrole nitrogens is 1. The molecule has 0 aliphatic carbocycles. The van der Waals surface area contributed by atoms with E-state index < -0.39 is 34.9 Å². The number of thiol groups is 1. The predicted molar refractivity (Wildman–Crippen MR) is 79.4 cm³/mol. The van der Waals surface area contributed by atoms with E-state index in [0.717, 1.165) is 0 Å². The first-order valence-electron chi connectivity index (χ1n) is 6.43. The van der Waals surface area contributed by atoms with Crippen LogP contribution in [0, 0.1) is 0 Å². The third-order valence-electron chi connectivity index (χ3n) is 2.65. The average molecular weight is 340 g/mol. The fraction of sp³-hybridized carbons (Fsp3) is 0.538. The van der Waals surface area contributed by atoms with E-state index in [1.54, 1.807) is 13.2 Å². The molecule has 126 valence electrons. The molecule has 0 fully saturated rings. The first kappa shape index (κ1) is 20.4. The SMILES string of the molecule is CCOC(=O)c1[nH]c(CC)c(C(=O)NC)c1C(F)(F)F.CS. The highest BCUT2D eigenvalue weighted by molar-refractivity contribution is 7.79. The number of halogens is 3. The average Bonchev–Trinajstić information content (AvgIpc) is 2.88. The summed E-state index contributed by atoms with van der Waals surface area (Å²) < 4.78 is 44.0. The predicted octanol–water partition coefficient (Wildman–Crippen LogP) is 2.68. The van der Waals surface area contributed by atoms with Gasteiger partial charge in [-0.05, 0) is 19.6 Å². The maximum absolute atomic E-state index is 13.1. The molecule has 0 aromatic carbocycles. The molecule has 0 atom stereocenters. The van der Waals surface area contributed by atoms with Crippen LogP contribution in [0.4, 0.5) is 13.2 Å². The number of hydrogen-bond donors (Lipinski definition) is 3. The van der Waals surface area contributed by atoms with Gasteiger partial charge in [0.15, 0.2) is 0 Å². The van der Waals surface area contributed by atoms with Gasteiger partial charge in [-0.3, -0.25) is 4.79 Å². The van der Waals surface area contributed by atoms with Crippen LogP contribution in [0.25, 0.3) is 0 Å². The Morgan fingerprint density at radius 2 is 1.82 bits per heavy atom. The Morgan fingerprint density at radius 3 is 2.18 bits per heavy atom. The first-order valence-corrected chi connectivity index (χ1v) is 7.33. The van der Waals surface area contributed by atoms with Gasteiger partial charge in [-0.2, -0.15) is 25.8 Å². The largest absolute Gasteiger partial charge is 0.461 e. The molecule has 0 saturated heterocycles. The second kappa shape index (κ2) is 8.72. The first-order chi connectivity index (χ1) is 10.3.